The molecule has 32 heavy (non-hydrogen) atoms. The Labute approximate surface area is 184 Å². The van der Waals surface area contributed by atoms with E-state index in [1.807, 2.05) is 23.4 Å². The predicted octanol–water partition coefficient (Wildman–Crippen LogP) is 2.49. The highest BCUT2D eigenvalue weighted by atomic mass is 19.1. The van der Waals surface area contributed by atoms with Gasteiger partial charge in [0.2, 0.25) is 5.43 Å². The summed E-state index contributed by atoms with van der Waals surface area (Å²) >= 11 is 0. The number of halogens is 1. The van der Waals surface area contributed by atoms with Gasteiger partial charge in [-0.2, -0.15) is 0 Å². The van der Waals surface area contributed by atoms with Gasteiger partial charge in [-0.15, -0.1) is 0 Å². The van der Waals surface area contributed by atoms with E-state index < -0.39 is 17.2 Å². The van der Waals surface area contributed by atoms with E-state index >= 15 is 4.39 Å². The summed E-state index contributed by atoms with van der Waals surface area (Å²) in [5.41, 5.74) is 0.317. The molecule has 4 heterocycles. The van der Waals surface area contributed by atoms with Crippen LogP contribution in [0.3, 0.4) is 0 Å². The van der Waals surface area contributed by atoms with Crippen LogP contribution in [0.4, 0.5) is 15.9 Å². The zero-order valence-corrected chi connectivity index (χ0v) is 18.0. The second kappa shape index (κ2) is 7.90. The lowest BCUT2D eigenvalue weighted by Gasteiger charge is -2.37. The summed E-state index contributed by atoms with van der Waals surface area (Å²) in [6, 6.07) is 6.22. The highest BCUT2D eigenvalue weighted by Gasteiger charge is 2.31. The van der Waals surface area contributed by atoms with Crippen LogP contribution in [0.2, 0.25) is 0 Å². The highest BCUT2D eigenvalue weighted by Crippen LogP contribution is 2.42. The van der Waals surface area contributed by atoms with E-state index in [-0.39, 0.29) is 17.0 Å². The third-order valence-electron chi connectivity index (χ3n) is 6.11. The fourth-order valence-corrected chi connectivity index (χ4v) is 4.32. The number of aromatic nitrogens is 2. The molecule has 3 aromatic rings. The third kappa shape index (κ3) is 3.38. The Morgan fingerprint density at radius 1 is 1.25 bits per heavy atom. The number of nitrogens with one attached hydrogen (secondary N) is 1. The van der Waals surface area contributed by atoms with Gasteiger partial charge in [-0.3, -0.25) is 9.59 Å². The van der Waals surface area contributed by atoms with Crippen molar-refractivity contribution in [3.05, 3.63) is 58.3 Å². The molecular weight excluding hydrogens is 413 g/mol. The zero-order valence-electron chi connectivity index (χ0n) is 18.0. The summed E-state index contributed by atoms with van der Waals surface area (Å²) in [7, 11) is 2.03. The molecule has 166 valence electrons. The number of likely N-dealkylation sites (N-methyl/N-ethyl adjacent to an activating group) is 1. The molecule has 0 saturated carbocycles. The van der Waals surface area contributed by atoms with E-state index in [4.69, 9.17) is 4.74 Å². The van der Waals surface area contributed by atoms with E-state index in [0.717, 1.165) is 13.1 Å². The molecule has 2 aromatic heterocycles. The number of anilines is 2. The molecule has 5 rings (SSSR count). The van der Waals surface area contributed by atoms with Crippen LogP contribution in [0.15, 0.2) is 41.5 Å². The monoisotopic (exact) mass is 437 g/mol. The van der Waals surface area contributed by atoms with Gasteiger partial charge in [-0.05, 0) is 32.2 Å². The van der Waals surface area contributed by atoms with Gasteiger partial charge in [-0.1, -0.05) is 6.07 Å². The largest absolute Gasteiger partial charge is 0.487 e. The lowest BCUT2D eigenvalue weighted by Crippen LogP contribution is -2.45. The molecule has 1 N–H and O–H groups in total. The molecule has 1 amide bonds. The lowest BCUT2D eigenvalue weighted by atomic mass is 10.0. The van der Waals surface area contributed by atoms with Crippen LogP contribution in [-0.4, -0.2) is 60.2 Å². The van der Waals surface area contributed by atoms with Crippen molar-refractivity contribution in [3.63, 3.8) is 0 Å². The Morgan fingerprint density at radius 3 is 2.75 bits per heavy atom. The molecule has 0 aliphatic carbocycles. The molecule has 1 atom stereocenters. The standard InChI is InChI=1S/C23H24FN5O3/c1-14-13-32-22-19-15(11-17(24)20(22)28-9-7-27(2)8-10-28)21(30)16(12-29(14)19)23(31)26-18-5-3-4-6-25-18/h3-6,11-12,14H,7-10,13H2,1-2H3,(H,25,26,31)/t14-/m0/s1. The minimum Gasteiger partial charge on any atom is -0.487 e. The SMILES string of the molecule is C[C@H]1COc2c(N3CCN(C)CC3)c(F)cc3c(=O)c(C(=O)Nc4ccccn4)cn1c23. The molecule has 2 aliphatic rings. The minimum atomic E-state index is -0.580. The number of hydrogen-bond donors (Lipinski definition) is 1. The lowest BCUT2D eigenvalue weighted by molar-refractivity contribution is 0.102. The predicted molar refractivity (Wildman–Crippen MR) is 120 cm³/mol. The maximum absolute atomic E-state index is 15.4. The van der Waals surface area contributed by atoms with Crippen LogP contribution in [0.5, 0.6) is 5.75 Å². The molecule has 0 radical (unpaired) electrons. The summed E-state index contributed by atoms with van der Waals surface area (Å²) in [6.45, 7) is 5.21. The van der Waals surface area contributed by atoms with Crippen molar-refractivity contribution in [2.45, 2.75) is 13.0 Å². The van der Waals surface area contributed by atoms with Crippen LogP contribution >= 0.6 is 0 Å². The average Bonchev–Trinajstić information content (AvgIpc) is 2.79. The molecule has 2 aliphatic heterocycles. The Bertz CT molecular complexity index is 1250. The Kier molecular flexibility index (Phi) is 5.05. The molecule has 1 saturated heterocycles. The second-order valence-corrected chi connectivity index (χ2v) is 8.33. The van der Waals surface area contributed by atoms with Crippen LogP contribution in [0, 0.1) is 5.82 Å². The van der Waals surface area contributed by atoms with Gasteiger partial charge in [0, 0.05) is 38.6 Å². The van der Waals surface area contributed by atoms with Gasteiger partial charge < -0.3 is 24.4 Å². The molecule has 0 unspecified atom stereocenters. The van der Waals surface area contributed by atoms with Gasteiger partial charge in [0.1, 0.15) is 23.7 Å². The first kappa shape index (κ1) is 20.4. The quantitative estimate of drug-likeness (QED) is 0.678. The summed E-state index contributed by atoms with van der Waals surface area (Å²) in [5.74, 6) is -0.388. The Morgan fingerprint density at radius 2 is 2.03 bits per heavy atom. The first-order valence-corrected chi connectivity index (χ1v) is 10.6. The number of piperazine rings is 1. The van der Waals surface area contributed by atoms with Crippen molar-refractivity contribution in [2.75, 3.05) is 50.1 Å². The van der Waals surface area contributed by atoms with Crippen molar-refractivity contribution >= 4 is 28.3 Å². The number of benzene rings is 1. The van der Waals surface area contributed by atoms with Crippen molar-refractivity contribution in [1.29, 1.82) is 0 Å². The molecule has 1 aromatic carbocycles. The molecular formula is C23H24FN5O3. The summed E-state index contributed by atoms with van der Waals surface area (Å²) in [6.07, 6.45) is 3.10. The zero-order chi connectivity index (χ0) is 22.4. The molecule has 0 spiro atoms. The minimum absolute atomic E-state index is 0.0606. The number of nitrogens with zero attached hydrogens (tertiary/aromatic N) is 4. The van der Waals surface area contributed by atoms with Crippen LogP contribution in [-0.2, 0) is 0 Å². The molecule has 0 bridgehead atoms. The van der Waals surface area contributed by atoms with Crippen molar-refractivity contribution in [2.24, 2.45) is 0 Å². The number of pyridine rings is 2. The fourth-order valence-electron chi connectivity index (χ4n) is 4.32. The third-order valence-corrected chi connectivity index (χ3v) is 6.11. The van der Waals surface area contributed by atoms with Gasteiger partial charge in [0.15, 0.2) is 11.6 Å². The second-order valence-electron chi connectivity index (χ2n) is 8.33. The van der Waals surface area contributed by atoms with Gasteiger partial charge in [-0.25, -0.2) is 9.37 Å². The Hall–Kier alpha value is -3.46. The highest BCUT2D eigenvalue weighted by molar-refractivity contribution is 6.06. The average molecular weight is 437 g/mol. The molecule has 9 heteroatoms. The van der Waals surface area contributed by atoms with Gasteiger partial charge in [0.25, 0.3) is 5.91 Å². The van der Waals surface area contributed by atoms with Crippen molar-refractivity contribution in [3.8, 4) is 5.75 Å². The number of hydrogen-bond acceptors (Lipinski definition) is 6. The number of carbonyl (C=O) groups is 1. The number of carbonyl (C=O) groups excluding carboxylic acids is 1. The first-order valence-electron chi connectivity index (χ1n) is 10.6. The van der Waals surface area contributed by atoms with E-state index in [9.17, 15) is 9.59 Å². The topological polar surface area (TPSA) is 79.7 Å². The van der Waals surface area contributed by atoms with Crippen LogP contribution in [0.25, 0.3) is 10.9 Å². The van der Waals surface area contributed by atoms with Gasteiger partial charge in [0.05, 0.1) is 16.9 Å². The smallest absolute Gasteiger partial charge is 0.262 e. The number of amides is 1. The summed E-state index contributed by atoms with van der Waals surface area (Å²) < 4.78 is 23.2. The van der Waals surface area contributed by atoms with E-state index in [1.165, 1.54) is 6.07 Å². The fraction of sp³-hybridized carbons (Fsp3) is 0.348. The normalized spacial score (nSPS) is 18.5. The molecule has 8 nitrogen and oxygen atoms in total. The number of ether oxygens (including phenoxy) is 1. The Balaban J connectivity index is 1.65. The summed E-state index contributed by atoms with van der Waals surface area (Å²) in [5, 5.41) is 2.78. The van der Waals surface area contributed by atoms with E-state index in [1.54, 1.807) is 30.6 Å². The maximum Gasteiger partial charge on any atom is 0.262 e. The van der Waals surface area contributed by atoms with Crippen molar-refractivity contribution in [1.82, 2.24) is 14.5 Å². The maximum atomic E-state index is 15.4. The van der Waals surface area contributed by atoms with E-state index in [0.29, 0.717) is 42.5 Å². The van der Waals surface area contributed by atoms with Gasteiger partial charge >= 0.3 is 0 Å². The van der Waals surface area contributed by atoms with Crippen molar-refractivity contribution < 1.29 is 13.9 Å². The van der Waals surface area contributed by atoms with Crippen LogP contribution in [0.1, 0.15) is 23.3 Å². The molecule has 1 fully saturated rings. The first-order chi connectivity index (χ1) is 15.4. The number of rotatable bonds is 3. The van der Waals surface area contributed by atoms with E-state index in [2.05, 4.69) is 15.2 Å². The summed E-state index contributed by atoms with van der Waals surface area (Å²) in [4.78, 5) is 34.4. The van der Waals surface area contributed by atoms with Crippen LogP contribution < -0.4 is 20.4 Å².